The van der Waals surface area contributed by atoms with Gasteiger partial charge in [-0.25, -0.2) is 9.97 Å². The summed E-state index contributed by atoms with van der Waals surface area (Å²) in [4.78, 5) is 56.9. The molecule has 3 amide bonds. The summed E-state index contributed by atoms with van der Waals surface area (Å²) in [6.07, 6.45) is 6.08. The number of hydrogen-bond acceptors (Lipinski definition) is 14. The number of nitrogens with zero attached hydrogens (tertiary/aromatic N) is 8. The number of likely N-dealkylation sites (tertiary alicyclic amines) is 1. The van der Waals surface area contributed by atoms with Gasteiger partial charge in [-0.3, -0.25) is 23.7 Å². The lowest BCUT2D eigenvalue weighted by atomic mass is 9.85. The fourth-order valence-electron chi connectivity index (χ4n) is 8.72. The van der Waals surface area contributed by atoms with E-state index in [1.54, 1.807) is 23.9 Å². The van der Waals surface area contributed by atoms with Crippen molar-refractivity contribution in [2.24, 2.45) is 5.41 Å². The Hall–Kier alpha value is -6.05. The van der Waals surface area contributed by atoms with Crippen LogP contribution in [0.3, 0.4) is 0 Å². The van der Waals surface area contributed by atoms with E-state index in [-0.39, 0.29) is 44.4 Å². The second-order valence-corrected chi connectivity index (χ2v) is 19.3. The van der Waals surface area contributed by atoms with Crippen LogP contribution in [0.1, 0.15) is 56.5 Å². The fraction of sp³-hybridized carbons (Fsp3) is 0.460. The van der Waals surface area contributed by atoms with E-state index >= 15 is 0 Å². The molecule has 17 nitrogen and oxygen atoms in total. The molecule has 6 heterocycles. The number of carbonyl (C=O) groups is 3. The third-order valence-corrected chi connectivity index (χ3v) is 13.6. The van der Waals surface area contributed by atoms with Crippen LogP contribution in [0.2, 0.25) is 0 Å². The number of anilines is 1. The van der Waals surface area contributed by atoms with Gasteiger partial charge in [-0.1, -0.05) is 57.2 Å². The lowest BCUT2D eigenvalue weighted by Crippen LogP contribution is -2.57. The number of amides is 3. The number of fused-ring (bicyclic) bond motifs is 1. The predicted molar refractivity (Wildman–Crippen MR) is 259 cm³/mol. The largest absolute Gasteiger partial charge is 0.469 e. The number of hydrogen-bond donors (Lipinski definition) is 3. The van der Waals surface area contributed by atoms with Gasteiger partial charge in [0.2, 0.25) is 17.7 Å². The highest BCUT2D eigenvalue weighted by Gasteiger charge is 2.44. The first-order chi connectivity index (χ1) is 32.9. The first-order valence-electron chi connectivity index (χ1n) is 23.4. The number of furan rings is 1. The Morgan fingerprint density at radius 2 is 1.68 bits per heavy atom. The van der Waals surface area contributed by atoms with Crippen LogP contribution in [0, 0.1) is 12.3 Å². The minimum Gasteiger partial charge on any atom is -0.469 e. The fourth-order valence-corrected chi connectivity index (χ4v) is 9.53. The van der Waals surface area contributed by atoms with E-state index < -0.39 is 29.5 Å². The third-order valence-electron chi connectivity index (χ3n) is 12.6. The zero-order valence-electron chi connectivity index (χ0n) is 39.3. The van der Waals surface area contributed by atoms with Gasteiger partial charge in [0.1, 0.15) is 30.0 Å². The third kappa shape index (κ3) is 12.1. The number of carbonyl (C=O) groups excluding carboxylic acids is 3. The quantitative estimate of drug-likeness (QED) is 0.0872. The Labute approximate surface area is 400 Å². The summed E-state index contributed by atoms with van der Waals surface area (Å²) in [6, 6.07) is 18.6. The van der Waals surface area contributed by atoms with E-state index in [0.29, 0.717) is 19.8 Å². The van der Waals surface area contributed by atoms with Crippen LogP contribution in [0.25, 0.3) is 27.2 Å². The number of nitrogens with one attached hydrogen (secondary N) is 2. The highest BCUT2D eigenvalue weighted by Crippen LogP contribution is 2.30. The molecule has 0 saturated carbocycles. The van der Waals surface area contributed by atoms with Crippen molar-refractivity contribution in [1.82, 2.24) is 45.0 Å². The average molecular weight is 947 g/mol. The summed E-state index contributed by atoms with van der Waals surface area (Å²) < 4.78 is 19.0. The van der Waals surface area contributed by atoms with Crippen LogP contribution < -0.4 is 15.5 Å². The highest BCUT2D eigenvalue weighted by molar-refractivity contribution is 7.13. The maximum Gasteiger partial charge on any atom is 0.246 e. The van der Waals surface area contributed by atoms with E-state index in [0.717, 1.165) is 95.6 Å². The van der Waals surface area contributed by atoms with Gasteiger partial charge in [-0.2, -0.15) is 0 Å². The van der Waals surface area contributed by atoms with Crippen LogP contribution in [-0.4, -0.2) is 141 Å². The molecule has 2 aliphatic heterocycles. The number of piperazine rings is 1. The second-order valence-electron chi connectivity index (χ2n) is 18.5. The number of ether oxygens (including phenoxy) is 2. The van der Waals surface area contributed by atoms with Gasteiger partial charge in [-0.15, -0.1) is 21.5 Å². The van der Waals surface area contributed by atoms with Crippen molar-refractivity contribution in [2.75, 3.05) is 70.6 Å². The molecule has 2 aromatic carbocycles. The molecule has 0 aliphatic carbocycles. The molecule has 8 rings (SSSR count). The minimum absolute atomic E-state index is 0.00948. The molecule has 18 heteroatoms. The van der Waals surface area contributed by atoms with E-state index in [9.17, 15) is 19.5 Å². The standard InChI is InChI=1S/C50H62N10O7S/c1-34-45(68-33-53-34)37-9-7-35(8-10-37)29-52-48(63)42-28-39(61)31-59(42)49(64)46(50(2,3)4)55-44(62)17-24-65-26-27-66-25-22-57-18-20-58(21-19-57)38-13-11-36(12-14-38)41-30-51-43(60-32-54-56-47(41)60)16-15-40-6-5-23-67-40/h5-14,23,30,32-33,39,42,46,61H,15-22,24-29,31H2,1-4H3,(H,52,63)(H,55,62)/t39-,42+,46+/m1/s1. The molecule has 3 atom stereocenters. The van der Waals surface area contributed by atoms with E-state index in [4.69, 9.17) is 18.9 Å². The van der Waals surface area contributed by atoms with Crippen molar-refractivity contribution in [3.05, 3.63) is 108 Å². The van der Waals surface area contributed by atoms with E-state index in [1.165, 1.54) is 10.6 Å². The number of aliphatic hydroxyl groups excluding tert-OH is 1. The highest BCUT2D eigenvalue weighted by atomic mass is 32.1. The molecule has 3 N–H and O–H groups in total. The normalized spacial score (nSPS) is 17.2. The topological polar surface area (TPSA) is 193 Å². The predicted octanol–water partition coefficient (Wildman–Crippen LogP) is 4.96. The lowest BCUT2D eigenvalue weighted by molar-refractivity contribution is -0.144. The molecule has 6 aromatic rings. The van der Waals surface area contributed by atoms with Crippen LogP contribution in [-0.2, 0) is 43.2 Å². The molecule has 68 heavy (non-hydrogen) atoms. The zero-order chi connectivity index (χ0) is 47.6. The van der Waals surface area contributed by atoms with Gasteiger partial charge in [0, 0.05) is 88.9 Å². The molecular weight excluding hydrogens is 885 g/mol. The number of rotatable bonds is 20. The van der Waals surface area contributed by atoms with E-state index in [1.807, 2.05) is 80.2 Å². The van der Waals surface area contributed by atoms with Crippen molar-refractivity contribution >= 4 is 40.4 Å². The lowest BCUT2D eigenvalue weighted by Gasteiger charge is -2.36. The van der Waals surface area contributed by atoms with Crippen LogP contribution in [0.15, 0.2) is 89.4 Å². The average Bonchev–Trinajstić information content (AvgIpc) is 4.19. The number of aromatic nitrogens is 5. The summed E-state index contributed by atoms with van der Waals surface area (Å²) in [6.45, 7) is 13.8. The molecule has 2 aliphatic rings. The van der Waals surface area contributed by atoms with Gasteiger partial charge >= 0.3 is 0 Å². The first kappa shape index (κ1) is 48.4. The summed E-state index contributed by atoms with van der Waals surface area (Å²) in [5.74, 6) is 0.720. The van der Waals surface area contributed by atoms with Gasteiger partial charge in [0.15, 0.2) is 5.65 Å². The molecular formula is C50H62N10O7S. The molecule has 360 valence electrons. The Morgan fingerprint density at radius 3 is 2.38 bits per heavy atom. The molecule has 0 bridgehead atoms. The van der Waals surface area contributed by atoms with Crippen molar-refractivity contribution in [3.8, 4) is 21.6 Å². The zero-order valence-corrected chi connectivity index (χ0v) is 40.1. The Bertz CT molecular complexity index is 2590. The maximum absolute atomic E-state index is 14.0. The number of aryl methyl sites for hydroxylation is 3. The number of β-amino-alcohol motifs (C(OH)–C–C–N with tert-alkyl or cyclic N) is 1. The molecule has 0 spiro atoms. The van der Waals surface area contributed by atoms with Crippen molar-refractivity contribution < 1.29 is 33.4 Å². The van der Waals surface area contributed by atoms with Crippen molar-refractivity contribution in [1.29, 1.82) is 0 Å². The second kappa shape index (κ2) is 22.4. The molecule has 2 fully saturated rings. The van der Waals surface area contributed by atoms with Crippen LogP contribution in [0.5, 0.6) is 0 Å². The van der Waals surface area contributed by atoms with E-state index in [2.05, 4.69) is 59.9 Å². The summed E-state index contributed by atoms with van der Waals surface area (Å²) in [5, 5.41) is 25.0. The van der Waals surface area contributed by atoms with Gasteiger partial charge < -0.3 is 39.4 Å². The van der Waals surface area contributed by atoms with Crippen molar-refractivity contribution in [2.45, 2.75) is 78.1 Å². The van der Waals surface area contributed by atoms with Gasteiger partial charge in [0.05, 0.1) is 54.9 Å². The van der Waals surface area contributed by atoms with Crippen molar-refractivity contribution in [3.63, 3.8) is 0 Å². The Kier molecular flexibility index (Phi) is 15.9. The SMILES string of the molecule is Cc1ncsc1-c1ccc(CNC(=O)[C@@H]2C[C@@H](O)CN2C(=O)[C@H](NC(=O)CCOCCOCCN2CCN(c3ccc(-c4cnc(CCc5ccco5)n5cnnc45)cc3)CC2)C(C)(C)C)cc1. The maximum atomic E-state index is 14.0. The Balaban J connectivity index is 0.706. The summed E-state index contributed by atoms with van der Waals surface area (Å²) in [7, 11) is 0. The van der Waals surface area contributed by atoms with Gasteiger partial charge in [0.25, 0.3) is 0 Å². The van der Waals surface area contributed by atoms with Gasteiger partial charge in [-0.05, 0) is 53.3 Å². The molecule has 2 saturated heterocycles. The number of benzene rings is 2. The number of aliphatic hydroxyl groups is 1. The van der Waals surface area contributed by atoms with Crippen LogP contribution >= 0.6 is 11.3 Å². The summed E-state index contributed by atoms with van der Waals surface area (Å²) in [5.41, 5.74) is 8.03. The molecule has 0 radical (unpaired) electrons. The Morgan fingerprint density at radius 1 is 0.926 bits per heavy atom. The smallest absolute Gasteiger partial charge is 0.246 e. The van der Waals surface area contributed by atoms with Crippen LogP contribution in [0.4, 0.5) is 5.69 Å². The number of thiazole rings is 1. The molecule has 0 unspecified atom stereocenters. The molecule has 4 aromatic heterocycles. The summed E-state index contributed by atoms with van der Waals surface area (Å²) >= 11 is 1.58. The monoisotopic (exact) mass is 946 g/mol. The first-order valence-corrected chi connectivity index (χ1v) is 24.3. The minimum atomic E-state index is -0.910.